The molecular weight excluding hydrogens is 504 g/mol. The van der Waals surface area contributed by atoms with Crippen molar-refractivity contribution in [3.63, 3.8) is 0 Å². The van der Waals surface area contributed by atoms with Crippen LogP contribution in [0.3, 0.4) is 0 Å². The number of amides is 1. The minimum absolute atomic E-state index is 0.0507. The highest BCUT2D eigenvalue weighted by Crippen LogP contribution is 2.31. The highest BCUT2D eigenvalue weighted by molar-refractivity contribution is 14.1. The molecule has 1 amide bonds. The lowest BCUT2D eigenvalue weighted by Gasteiger charge is -2.46. The number of benzene rings is 2. The van der Waals surface area contributed by atoms with Gasteiger partial charge in [0.05, 0.1) is 49.8 Å². The summed E-state index contributed by atoms with van der Waals surface area (Å²) >= 11 is 1.91. The summed E-state index contributed by atoms with van der Waals surface area (Å²) < 4.78 is 48.0. The average molecular weight is 522 g/mol. The number of aliphatic hydroxyl groups excluding tert-OH is 1. The first-order chi connectivity index (χ1) is 13.7. The number of β-amino-alcohol motifs (C(OH)–C–C–N with tert-alkyl or cyclic N) is 1. The van der Waals surface area contributed by atoms with Gasteiger partial charge in [-0.3, -0.25) is 4.79 Å². The second kappa shape index (κ2) is 8.86. The molecule has 29 heavy (non-hydrogen) atoms. The van der Waals surface area contributed by atoms with Gasteiger partial charge in [0.25, 0.3) is 5.91 Å². The largest absolute Gasteiger partial charge is 0.394 e. The van der Waals surface area contributed by atoms with Crippen LogP contribution in [0.1, 0.15) is 10.4 Å². The number of carbonyl (C=O) groups is 1. The maximum Gasteiger partial charge on any atom is 0.256 e. The number of ether oxygens (including phenoxy) is 1. The van der Waals surface area contributed by atoms with Gasteiger partial charge in [-0.25, -0.2) is 13.2 Å². The zero-order chi connectivity index (χ0) is 21.2. The van der Waals surface area contributed by atoms with Crippen molar-refractivity contribution in [3.8, 4) is 0 Å². The van der Waals surface area contributed by atoms with Crippen molar-refractivity contribution in [2.24, 2.45) is 0 Å². The molecule has 1 aliphatic heterocycles. The van der Waals surface area contributed by atoms with Crippen LogP contribution in [0.25, 0.3) is 0 Å². The SMILES string of the molecule is O=C(c1ccc(F)c(F)c1Nc1ccc(I)cc1F)N1CC(O)(COCCO)C1. The van der Waals surface area contributed by atoms with E-state index in [-0.39, 0.29) is 44.2 Å². The summed E-state index contributed by atoms with van der Waals surface area (Å²) in [5.74, 6) is -3.83. The molecule has 0 bridgehead atoms. The number of hydrogen-bond donors (Lipinski definition) is 3. The summed E-state index contributed by atoms with van der Waals surface area (Å²) in [4.78, 5) is 14.0. The van der Waals surface area contributed by atoms with Crippen LogP contribution in [-0.2, 0) is 4.74 Å². The Hall–Kier alpha value is -1.89. The molecule has 0 aliphatic carbocycles. The predicted molar refractivity (Wildman–Crippen MR) is 108 cm³/mol. The molecule has 0 atom stereocenters. The molecule has 0 aromatic heterocycles. The molecule has 1 saturated heterocycles. The van der Waals surface area contributed by atoms with Crippen molar-refractivity contribution >= 4 is 39.9 Å². The van der Waals surface area contributed by atoms with Crippen LogP contribution >= 0.6 is 22.6 Å². The normalized spacial score (nSPS) is 15.2. The first-order valence-corrected chi connectivity index (χ1v) is 9.72. The Morgan fingerprint density at radius 2 is 1.93 bits per heavy atom. The van der Waals surface area contributed by atoms with Crippen LogP contribution in [0.5, 0.6) is 0 Å². The van der Waals surface area contributed by atoms with E-state index in [0.717, 1.165) is 12.1 Å². The summed E-state index contributed by atoms with van der Waals surface area (Å²) in [5, 5.41) is 21.4. The third-order valence-corrected chi connectivity index (χ3v) is 5.05. The molecule has 0 radical (unpaired) electrons. The van der Waals surface area contributed by atoms with Crippen LogP contribution in [0, 0.1) is 21.0 Å². The van der Waals surface area contributed by atoms with Gasteiger partial charge in [0.1, 0.15) is 11.4 Å². The first-order valence-electron chi connectivity index (χ1n) is 8.64. The molecule has 2 aromatic carbocycles. The van der Waals surface area contributed by atoms with Crippen LogP contribution in [0.2, 0.25) is 0 Å². The minimum Gasteiger partial charge on any atom is -0.394 e. The number of rotatable bonds is 7. The van der Waals surface area contributed by atoms with Gasteiger partial charge >= 0.3 is 0 Å². The first kappa shape index (κ1) is 21.8. The predicted octanol–water partition coefficient (Wildman–Crippen LogP) is 2.65. The van der Waals surface area contributed by atoms with Crippen LogP contribution in [0.4, 0.5) is 24.5 Å². The topological polar surface area (TPSA) is 82.0 Å². The summed E-state index contributed by atoms with van der Waals surface area (Å²) in [6.45, 7) is -0.373. The van der Waals surface area contributed by atoms with Crippen LogP contribution in [-0.4, -0.2) is 59.5 Å². The van der Waals surface area contributed by atoms with E-state index >= 15 is 0 Å². The number of hydrogen-bond acceptors (Lipinski definition) is 5. The zero-order valence-electron chi connectivity index (χ0n) is 15.1. The Labute approximate surface area is 178 Å². The third kappa shape index (κ3) is 4.82. The number of nitrogens with one attached hydrogen (secondary N) is 1. The van der Waals surface area contributed by atoms with E-state index in [2.05, 4.69) is 5.32 Å². The molecule has 10 heteroatoms. The molecule has 3 N–H and O–H groups in total. The van der Waals surface area contributed by atoms with E-state index in [1.165, 1.54) is 17.0 Å². The number of aliphatic hydroxyl groups is 2. The number of carbonyl (C=O) groups excluding carboxylic acids is 1. The maximum atomic E-state index is 14.4. The molecule has 0 unspecified atom stereocenters. The number of nitrogens with zero attached hydrogens (tertiary/aromatic N) is 1. The van der Waals surface area contributed by atoms with E-state index in [0.29, 0.717) is 3.57 Å². The van der Waals surface area contributed by atoms with Gasteiger partial charge in [-0.05, 0) is 52.9 Å². The fraction of sp³-hybridized carbons (Fsp3) is 0.316. The van der Waals surface area contributed by atoms with Crippen molar-refractivity contribution in [1.82, 2.24) is 4.90 Å². The number of halogens is 4. The Morgan fingerprint density at radius 1 is 1.21 bits per heavy atom. The molecule has 1 fully saturated rings. The lowest BCUT2D eigenvalue weighted by atomic mass is 9.94. The number of likely N-dealkylation sites (tertiary alicyclic amines) is 1. The van der Waals surface area contributed by atoms with Gasteiger partial charge < -0.3 is 25.2 Å². The number of anilines is 2. The highest BCUT2D eigenvalue weighted by atomic mass is 127. The second-order valence-corrected chi connectivity index (χ2v) is 7.94. The molecule has 1 aliphatic rings. The highest BCUT2D eigenvalue weighted by Gasteiger charge is 2.44. The molecule has 0 saturated carbocycles. The molecule has 2 aromatic rings. The lowest BCUT2D eigenvalue weighted by Crippen LogP contribution is -2.65. The van der Waals surface area contributed by atoms with Gasteiger partial charge in [0, 0.05) is 3.57 Å². The maximum absolute atomic E-state index is 14.4. The summed E-state index contributed by atoms with van der Waals surface area (Å²) in [6, 6.07) is 6.06. The van der Waals surface area contributed by atoms with E-state index in [1.807, 2.05) is 22.6 Å². The van der Waals surface area contributed by atoms with E-state index in [9.17, 15) is 23.1 Å². The quantitative estimate of drug-likeness (QED) is 0.385. The smallest absolute Gasteiger partial charge is 0.256 e. The molecule has 0 spiro atoms. The second-order valence-electron chi connectivity index (χ2n) is 6.69. The van der Waals surface area contributed by atoms with Gasteiger partial charge in [-0.1, -0.05) is 0 Å². The molecule has 6 nitrogen and oxygen atoms in total. The van der Waals surface area contributed by atoms with Crippen molar-refractivity contribution in [2.45, 2.75) is 5.60 Å². The molecule has 1 heterocycles. The molecule has 3 rings (SSSR count). The Balaban J connectivity index is 1.81. The van der Waals surface area contributed by atoms with Gasteiger partial charge in [-0.15, -0.1) is 0 Å². The molecule has 156 valence electrons. The van der Waals surface area contributed by atoms with Crippen molar-refractivity contribution in [1.29, 1.82) is 0 Å². The summed E-state index contributed by atoms with van der Waals surface area (Å²) in [7, 11) is 0. The Bertz CT molecular complexity index is 923. The van der Waals surface area contributed by atoms with Gasteiger partial charge in [0.2, 0.25) is 0 Å². The zero-order valence-corrected chi connectivity index (χ0v) is 17.2. The monoisotopic (exact) mass is 522 g/mol. The van der Waals surface area contributed by atoms with Crippen LogP contribution < -0.4 is 5.32 Å². The van der Waals surface area contributed by atoms with Crippen molar-refractivity contribution in [3.05, 3.63) is 56.9 Å². The van der Waals surface area contributed by atoms with E-state index in [4.69, 9.17) is 9.84 Å². The third-order valence-electron chi connectivity index (χ3n) is 4.38. The Morgan fingerprint density at radius 3 is 2.59 bits per heavy atom. The summed E-state index contributed by atoms with van der Waals surface area (Å²) in [5.41, 5.74) is -2.07. The standard InChI is InChI=1S/C19H18F3IN2O4/c20-13-3-2-12(18(27)25-8-19(28,9-25)10-29-6-5-26)17(16(13)22)24-15-4-1-11(23)7-14(15)21/h1-4,7,24,26,28H,5-6,8-10H2. The van der Waals surface area contributed by atoms with Gasteiger partial charge in [-0.2, -0.15) is 0 Å². The van der Waals surface area contributed by atoms with E-state index < -0.39 is 34.6 Å². The minimum atomic E-state index is -1.31. The summed E-state index contributed by atoms with van der Waals surface area (Å²) in [6.07, 6.45) is 0. The fourth-order valence-corrected chi connectivity index (χ4v) is 3.43. The molecular formula is C19H18F3IN2O4. The average Bonchev–Trinajstić information content (AvgIpc) is 2.65. The Kier molecular flexibility index (Phi) is 6.66. The van der Waals surface area contributed by atoms with Gasteiger partial charge in [0.15, 0.2) is 11.6 Å². The van der Waals surface area contributed by atoms with Crippen molar-refractivity contribution in [2.75, 3.05) is 38.2 Å². The van der Waals surface area contributed by atoms with E-state index in [1.54, 1.807) is 6.07 Å². The van der Waals surface area contributed by atoms with Crippen LogP contribution in [0.15, 0.2) is 30.3 Å². The fourth-order valence-electron chi connectivity index (χ4n) is 2.97. The lowest BCUT2D eigenvalue weighted by molar-refractivity contribution is -0.127. The van der Waals surface area contributed by atoms with Crippen molar-refractivity contribution < 1.29 is 32.9 Å².